The molecule has 1 aromatic rings. The van der Waals surface area contributed by atoms with E-state index in [1.165, 1.54) is 0 Å². The summed E-state index contributed by atoms with van der Waals surface area (Å²) in [5.74, 6) is 0.888. The van der Waals surface area contributed by atoms with Gasteiger partial charge in [0, 0.05) is 19.7 Å². The molecular weight excluding hydrogens is 280 g/mol. The van der Waals surface area contributed by atoms with Crippen LogP contribution in [0.15, 0.2) is 18.2 Å². The summed E-state index contributed by atoms with van der Waals surface area (Å²) in [6.07, 6.45) is 4.24. The van der Waals surface area contributed by atoms with Gasteiger partial charge in [-0.2, -0.15) is 0 Å². The number of hydrogen-bond donors (Lipinski definition) is 2. The van der Waals surface area contributed by atoms with Gasteiger partial charge in [0.05, 0.1) is 13.2 Å². The Hall–Kier alpha value is -1.75. The van der Waals surface area contributed by atoms with Crippen LogP contribution in [0, 0.1) is 6.92 Å². The second-order valence-corrected chi connectivity index (χ2v) is 5.66. The van der Waals surface area contributed by atoms with E-state index < -0.39 is 0 Å². The van der Waals surface area contributed by atoms with E-state index in [-0.39, 0.29) is 6.03 Å². The Morgan fingerprint density at radius 2 is 2.18 bits per heavy atom. The predicted octanol–water partition coefficient (Wildman–Crippen LogP) is 2.41. The number of hydrogen-bond acceptors (Lipinski definition) is 3. The molecule has 2 rings (SSSR count). The van der Waals surface area contributed by atoms with Gasteiger partial charge in [0.15, 0.2) is 0 Å². The average molecular weight is 306 g/mol. The van der Waals surface area contributed by atoms with Crippen LogP contribution >= 0.6 is 0 Å². The van der Waals surface area contributed by atoms with Crippen molar-refractivity contribution in [3.63, 3.8) is 0 Å². The molecule has 2 N–H and O–H groups in total. The van der Waals surface area contributed by atoms with E-state index in [0.717, 1.165) is 49.2 Å². The van der Waals surface area contributed by atoms with Gasteiger partial charge >= 0.3 is 6.03 Å². The van der Waals surface area contributed by atoms with E-state index in [2.05, 4.69) is 16.7 Å². The summed E-state index contributed by atoms with van der Waals surface area (Å²) in [6, 6.07) is 6.01. The molecule has 5 nitrogen and oxygen atoms in total. The topological polar surface area (TPSA) is 59.6 Å². The van der Waals surface area contributed by atoms with Gasteiger partial charge in [0.1, 0.15) is 5.75 Å². The number of carbonyl (C=O) groups excluding carboxylic acids is 1. The Morgan fingerprint density at radius 3 is 2.91 bits per heavy atom. The van der Waals surface area contributed by atoms with Gasteiger partial charge in [0.2, 0.25) is 0 Å². The first-order valence-electron chi connectivity index (χ1n) is 7.96. The summed E-state index contributed by atoms with van der Waals surface area (Å²) in [6.45, 7) is 4.14. The molecule has 5 heteroatoms. The van der Waals surface area contributed by atoms with Crippen molar-refractivity contribution < 1.29 is 14.3 Å². The van der Waals surface area contributed by atoms with Gasteiger partial charge in [0.25, 0.3) is 0 Å². The van der Waals surface area contributed by atoms with Crippen molar-refractivity contribution in [1.82, 2.24) is 10.6 Å². The number of nitrogens with one attached hydrogen (secondary N) is 2. The predicted molar refractivity (Wildman–Crippen MR) is 86.4 cm³/mol. The molecule has 1 aliphatic rings. The second kappa shape index (κ2) is 8.63. The lowest BCUT2D eigenvalue weighted by atomic mass is 10.1. The number of carbonyl (C=O) groups is 1. The number of benzene rings is 1. The van der Waals surface area contributed by atoms with Crippen LogP contribution in [-0.4, -0.2) is 38.9 Å². The second-order valence-electron chi connectivity index (χ2n) is 5.66. The number of amides is 2. The molecule has 122 valence electrons. The molecule has 1 saturated heterocycles. The summed E-state index contributed by atoms with van der Waals surface area (Å²) < 4.78 is 10.8. The average Bonchev–Trinajstić information content (AvgIpc) is 3.02. The van der Waals surface area contributed by atoms with Gasteiger partial charge in [-0.15, -0.1) is 0 Å². The molecule has 0 bridgehead atoms. The van der Waals surface area contributed by atoms with Crippen molar-refractivity contribution in [2.45, 2.75) is 38.7 Å². The Balaban J connectivity index is 1.62. The lowest BCUT2D eigenvalue weighted by molar-refractivity contribution is 0.104. The van der Waals surface area contributed by atoms with Crippen molar-refractivity contribution in [3.05, 3.63) is 29.3 Å². The molecule has 1 aromatic carbocycles. The molecule has 2 amide bonds. The number of urea groups is 1. The highest BCUT2D eigenvalue weighted by Crippen LogP contribution is 2.19. The van der Waals surface area contributed by atoms with Gasteiger partial charge in [-0.25, -0.2) is 4.79 Å². The quantitative estimate of drug-likeness (QED) is 0.813. The van der Waals surface area contributed by atoms with Crippen LogP contribution in [0.5, 0.6) is 5.75 Å². The maximum absolute atomic E-state index is 11.7. The zero-order valence-electron chi connectivity index (χ0n) is 13.5. The third-order valence-electron chi connectivity index (χ3n) is 3.95. The lowest BCUT2D eigenvalue weighted by Gasteiger charge is -2.11. The molecule has 1 aliphatic heterocycles. The fourth-order valence-electron chi connectivity index (χ4n) is 2.62. The van der Waals surface area contributed by atoms with Crippen molar-refractivity contribution in [2.75, 3.05) is 26.8 Å². The number of rotatable bonds is 7. The number of aryl methyl sites for hydroxylation is 1. The Bertz CT molecular complexity index is 485. The molecule has 1 heterocycles. The molecule has 0 radical (unpaired) electrons. The van der Waals surface area contributed by atoms with Crippen LogP contribution in [0.25, 0.3) is 0 Å². The van der Waals surface area contributed by atoms with Crippen LogP contribution in [0.2, 0.25) is 0 Å². The minimum atomic E-state index is -0.114. The zero-order chi connectivity index (χ0) is 15.8. The highest BCUT2D eigenvalue weighted by molar-refractivity contribution is 5.73. The number of methoxy groups -OCH3 is 1. The highest BCUT2D eigenvalue weighted by atomic mass is 16.5. The summed E-state index contributed by atoms with van der Waals surface area (Å²) in [5.41, 5.74) is 2.27. The molecule has 0 unspecified atom stereocenters. The summed E-state index contributed by atoms with van der Waals surface area (Å²) in [5, 5.41) is 5.75. The summed E-state index contributed by atoms with van der Waals surface area (Å²) in [7, 11) is 1.67. The molecule has 0 aromatic heterocycles. The van der Waals surface area contributed by atoms with E-state index in [1.807, 2.05) is 19.1 Å². The van der Waals surface area contributed by atoms with E-state index in [0.29, 0.717) is 19.2 Å². The maximum Gasteiger partial charge on any atom is 0.314 e. The van der Waals surface area contributed by atoms with Crippen molar-refractivity contribution >= 4 is 6.03 Å². The minimum Gasteiger partial charge on any atom is -0.496 e. The first kappa shape index (κ1) is 16.6. The third-order valence-corrected chi connectivity index (χ3v) is 3.95. The monoisotopic (exact) mass is 306 g/mol. The molecule has 0 saturated carbocycles. The Kier molecular flexibility index (Phi) is 6.52. The van der Waals surface area contributed by atoms with Crippen molar-refractivity contribution in [2.24, 2.45) is 0 Å². The fourth-order valence-corrected chi connectivity index (χ4v) is 2.62. The standard InChI is InChI=1S/C17H26N2O3/c1-13-5-6-14(12-16(13)21-2)7-9-18-17(20)19-10-8-15-4-3-11-22-15/h5-6,12,15H,3-4,7-11H2,1-2H3,(H2,18,19,20)/t15-/m1/s1. The van der Waals surface area contributed by atoms with Gasteiger partial charge < -0.3 is 20.1 Å². The van der Waals surface area contributed by atoms with Gasteiger partial charge in [-0.1, -0.05) is 12.1 Å². The van der Waals surface area contributed by atoms with Gasteiger partial charge in [-0.05, 0) is 49.8 Å². The SMILES string of the molecule is COc1cc(CCNC(=O)NCC[C@H]2CCCO2)ccc1C. The minimum absolute atomic E-state index is 0.114. The van der Waals surface area contributed by atoms with E-state index in [9.17, 15) is 4.79 Å². The Labute approximate surface area is 132 Å². The van der Waals surface area contributed by atoms with Crippen LogP contribution in [0.3, 0.4) is 0 Å². The molecule has 22 heavy (non-hydrogen) atoms. The van der Waals surface area contributed by atoms with Crippen LogP contribution in [-0.2, 0) is 11.2 Å². The first-order valence-corrected chi connectivity index (χ1v) is 7.96. The molecule has 0 spiro atoms. The largest absolute Gasteiger partial charge is 0.496 e. The summed E-state index contributed by atoms with van der Waals surface area (Å²) in [4.78, 5) is 11.7. The van der Waals surface area contributed by atoms with E-state index in [1.54, 1.807) is 7.11 Å². The zero-order valence-corrected chi connectivity index (χ0v) is 13.5. The fraction of sp³-hybridized carbons (Fsp3) is 0.588. The molecular formula is C17H26N2O3. The Morgan fingerprint density at radius 1 is 1.36 bits per heavy atom. The molecule has 0 aliphatic carbocycles. The van der Waals surface area contributed by atoms with Crippen LogP contribution < -0.4 is 15.4 Å². The van der Waals surface area contributed by atoms with Crippen LogP contribution in [0.1, 0.15) is 30.4 Å². The van der Waals surface area contributed by atoms with E-state index in [4.69, 9.17) is 9.47 Å². The van der Waals surface area contributed by atoms with Crippen molar-refractivity contribution in [3.8, 4) is 5.75 Å². The third kappa shape index (κ3) is 5.22. The van der Waals surface area contributed by atoms with E-state index >= 15 is 0 Å². The van der Waals surface area contributed by atoms with Gasteiger partial charge in [-0.3, -0.25) is 0 Å². The lowest BCUT2D eigenvalue weighted by Crippen LogP contribution is -2.37. The number of ether oxygens (including phenoxy) is 2. The summed E-state index contributed by atoms with van der Waals surface area (Å²) >= 11 is 0. The van der Waals surface area contributed by atoms with Crippen molar-refractivity contribution in [1.29, 1.82) is 0 Å². The molecule has 1 fully saturated rings. The highest BCUT2D eigenvalue weighted by Gasteiger charge is 2.14. The normalized spacial score (nSPS) is 17.3. The smallest absolute Gasteiger partial charge is 0.314 e. The molecule has 1 atom stereocenters. The van der Waals surface area contributed by atoms with Crippen LogP contribution in [0.4, 0.5) is 4.79 Å². The maximum atomic E-state index is 11.7. The first-order chi connectivity index (χ1) is 10.7.